The van der Waals surface area contributed by atoms with Crippen molar-refractivity contribution < 1.29 is 14.5 Å². The second-order valence-corrected chi connectivity index (χ2v) is 7.99. The van der Waals surface area contributed by atoms with E-state index in [1.165, 1.54) is 9.78 Å². The highest BCUT2D eigenvalue weighted by Crippen LogP contribution is 2.40. The molecule has 0 saturated carbocycles. The van der Waals surface area contributed by atoms with Crippen LogP contribution >= 0.6 is 11.3 Å². The van der Waals surface area contributed by atoms with Gasteiger partial charge in [-0.3, -0.25) is 9.59 Å². The Kier molecular flexibility index (Phi) is 5.89. The number of rotatable bonds is 7. The molecule has 5 heteroatoms. The first-order valence-corrected chi connectivity index (χ1v) is 10.2. The molecule has 1 aromatic carbocycles. The summed E-state index contributed by atoms with van der Waals surface area (Å²) in [6.45, 7) is 8.40. The maximum Gasteiger partial charge on any atom is 0.280 e. The lowest BCUT2D eigenvalue weighted by molar-refractivity contribution is -0.888. The summed E-state index contributed by atoms with van der Waals surface area (Å²) in [4.78, 5) is 28.3. The van der Waals surface area contributed by atoms with Crippen LogP contribution in [0.5, 0.6) is 0 Å². The number of thiophene rings is 1. The minimum absolute atomic E-state index is 0.0116. The molecule has 1 heterocycles. The number of nitrogens with one attached hydrogen (secondary N) is 2. The summed E-state index contributed by atoms with van der Waals surface area (Å²) >= 11 is 1.59. The number of likely N-dealkylation sites (N-methyl/N-ethyl adjacent to an activating group) is 1. The second kappa shape index (κ2) is 8.14. The van der Waals surface area contributed by atoms with Crippen LogP contribution in [0.4, 0.5) is 5.00 Å². The number of hydrogen-bond donors (Lipinski definition) is 2. The zero-order chi connectivity index (χ0) is 18.7. The summed E-state index contributed by atoms with van der Waals surface area (Å²) in [6.07, 6.45) is 3.02. The van der Waals surface area contributed by atoms with Crippen molar-refractivity contribution in [2.75, 3.05) is 25.0 Å². The molecular weight excluding hydrogens is 344 g/mol. The van der Waals surface area contributed by atoms with E-state index in [-0.39, 0.29) is 11.7 Å². The number of anilines is 1. The second-order valence-electron chi connectivity index (χ2n) is 6.89. The normalized spacial score (nSPS) is 13.1. The van der Waals surface area contributed by atoms with Gasteiger partial charge in [0, 0.05) is 10.4 Å². The molecule has 0 fully saturated rings. The molecule has 138 valence electrons. The van der Waals surface area contributed by atoms with Crippen molar-refractivity contribution in [2.45, 2.75) is 40.0 Å². The first kappa shape index (κ1) is 18.8. The Bertz CT molecular complexity index is 821. The minimum atomic E-state index is -0.0116. The lowest BCUT2D eigenvalue weighted by atomic mass is 9.97. The number of carbonyl (C=O) groups excluding carboxylic acids is 2. The van der Waals surface area contributed by atoms with Crippen molar-refractivity contribution >= 4 is 28.0 Å². The molecule has 0 radical (unpaired) electrons. The van der Waals surface area contributed by atoms with E-state index in [4.69, 9.17) is 0 Å². The molecule has 0 atom stereocenters. The van der Waals surface area contributed by atoms with Crippen LogP contribution in [0.1, 0.15) is 52.2 Å². The van der Waals surface area contributed by atoms with Crippen LogP contribution in [-0.4, -0.2) is 31.3 Å². The Balaban J connectivity index is 1.91. The highest BCUT2D eigenvalue weighted by molar-refractivity contribution is 7.17. The lowest BCUT2D eigenvalue weighted by Gasteiger charge is -2.15. The van der Waals surface area contributed by atoms with Crippen molar-refractivity contribution in [3.63, 3.8) is 0 Å². The van der Waals surface area contributed by atoms with Gasteiger partial charge in [-0.25, -0.2) is 0 Å². The van der Waals surface area contributed by atoms with E-state index in [9.17, 15) is 9.59 Å². The monoisotopic (exact) mass is 371 g/mol. The van der Waals surface area contributed by atoms with Crippen molar-refractivity contribution in [1.82, 2.24) is 0 Å². The molecule has 26 heavy (non-hydrogen) atoms. The summed E-state index contributed by atoms with van der Waals surface area (Å²) in [7, 11) is 0. The van der Waals surface area contributed by atoms with Crippen molar-refractivity contribution in [3.05, 3.63) is 51.4 Å². The third-order valence-corrected chi connectivity index (χ3v) is 6.41. The van der Waals surface area contributed by atoms with Crippen LogP contribution in [0.3, 0.4) is 0 Å². The average molecular weight is 372 g/mol. The summed E-state index contributed by atoms with van der Waals surface area (Å²) in [5.74, 6) is 0.0236. The van der Waals surface area contributed by atoms with Gasteiger partial charge in [0.15, 0.2) is 12.3 Å². The molecule has 1 aliphatic carbocycles. The maximum absolute atomic E-state index is 13.3. The van der Waals surface area contributed by atoms with Gasteiger partial charge in [-0.2, -0.15) is 0 Å². The van der Waals surface area contributed by atoms with E-state index in [2.05, 4.69) is 19.2 Å². The van der Waals surface area contributed by atoms with E-state index in [1.54, 1.807) is 11.3 Å². The fourth-order valence-electron chi connectivity index (χ4n) is 3.59. The van der Waals surface area contributed by atoms with Gasteiger partial charge in [0.05, 0.1) is 18.7 Å². The number of hydrogen-bond acceptors (Lipinski definition) is 3. The van der Waals surface area contributed by atoms with Gasteiger partial charge in [-0.1, -0.05) is 24.3 Å². The molecule has 0 bridgehead atoms. The zero-order valence-corrected chi connectivity index (χ0v) is 16.6. The third kappa shape index (κ3) is 3.74. The summed E-state index contributed by atoms with van der Waals surface area (Å²) < 4.78 is 0. The standard InChI is InChI=1S/C21H26N2O2S/c1-4-23(5-2)13-18(24)22-21-19(16-11-8-12-17(16)26-21)20(25)15-10-7-6-9-14(15)3/h6-7,9-10H,4-5,8,11-13H2,1-3H3,(H,22,24)/p+1. The fourth-order valence-corrected chi connectivity index (χ4v) is 4.90. The number of carbonyl (C=O) groups is 2. The van der Waals surface area contributed by atoms with E-state index < -0.39 is 0 Å². The SMILES string of the molecule is CC[NH+](CC)CC(=O)Nc1sc2c(c1C(=O)c1ccccc1C)CCC2. The molecule has 1 amide bonds. The molecule has 0 unspecified atom stereocenters. The summed E-state index contributed by atoms with van der Waals surface area (Å²) in [5.41, 5.74) is 3.57. The molecule has 2 N–H and O–H groups in total. The third-order valence-electron chi connectivity index (χ3n) is 5.20. The molecule has 2 aromatic rings. The maximum atomic E-state index is 13.3. The predicted molar refractivity (Wildman–Crippen MR) is 106 cm³/mol. The Hall–Kier alpha value is -1.98. The first-order valence-electron chi connectivity index (χ1n) is 9.43. The Morgan fingerprint density at radius 1 is 1.15 bits per heavy atom. The number of amides is 1. The number of quaternary nitrogens is 1. The molecule has 0 spiro atoms. The van der Waals surface area contributed by atoms with Crippen LogP contribution in [0, 0.1) is 6.92 Å². The van der Waals surface area contributed by atoms with E-state index in [1.807, 2.05) is 31.2 Å². The summed E-state index contributed by atoms with van der Waals surface area (Å²) in [5, 5.41) is 3.78. The van der Waals surface area contributed by atoms with Gasteiger partial charge in [-0.15, -0.1) is 11.3 Å². The van der Waals surface area contributed by atoms with Crippen LogP contribution in [-0.2, 0) is 17.6 Å². The molecule has 0 saturated heterocycles. The predicted octanol–water partition coefficient (Wildman–Crippen LogP) is 2.64. The van der Waals surface area contributed by atoms with Crippen molar-refractivity contribution in [1.29, 1.82) is 0 Å². The minimum Gasteiger partial charge on any atom is -0.328 e. The van der Waals surface area contributed by atoms with E-state index in [0.29, 0.717) is 6.54 Å². The van der Waals surface area contributed by atoms with Gasteiger partial charge in [0.1, 0.15) is 5.00 Å². The highest BCUT2D eigenvalue weighted by Gasteiger charge is 2.29. The number of benzene rings is 1. The Morgan fingerprint density at radius 3 is 2.58 bits per heavy atom. The van der Waals surface area contributed by atoms with E-state index in [0.717, 1.165) is 59.6 Å². The molecule has 3 rings (SSSR count). The zero-order valence-electron chi connectivity index (χ0n) is 15.8. The van der Waals surface area contributed by atoms with Crippen molar-refractivity contribution in [3.8, 4) is 0 Å². The van der Waals surface area contributed by atoms with Crippen molar-refractivity contribution in [2.24, 2.45) is 0 Å². The Morgan fingerprint density at radius 2 is 1.88 bits per heavy atom. The van der Waals surface area contributed by atoms with Crippen LogP contribution in [0.2, 0.25) is 0 Å². The molecule has 0 aliphatic heterocycles. The van der Waals surface area contributed by atoms with Crippen LogP contribution in [0.25, 0.3) is 0 Å². The quantitative estimate of drug-likeness (QED) is 0.735. The molecule has 1 aromatic heterocycles. The molecule has 1 aliphatic rings. The van der Waals surface area contributed by atoms with Gasteiger partial charge in [0.25, 0.3) is 5.91 Å². The lowest BCUT2D eigenvalue weighted by Crippen LogP contribution is -3.12. The summed E-state index contributed by atoms with van der Waals surface area (Å²) in [6, 6.07) is 7.68. The number of fused-ring (bicyclic) bond motifs is 1. The van der Waals surface area contributed by atoms with Gasteiger partial charge < -0.3 is 10.2 Å². The highest BCUT2D eigenvalue weighted by atomic mass is 32.1. The molecule has 4 nitrogen and oxygen atoms in total. The topological polar surface area (TPSA) is 50.6 Å². The van der Waals surface area contributed by atoms with Gasteiger partial charge in [-0.05, 0) is 51.2 Å². The van der Waals surface area contributed by atoms with E-state index >= 15 is 0 Å². The van der Waals surface area contributed by atoms with Crippen LogP contribution < -0.4 is 10.2 Å². The average Bonchev–Trinajstić information content (AvgIpc) is 3.20. The van der Waals surface area contributed by atoms with Gasteiger partial charge in [0.2, 0.25) is 0 Å². The Labute approximate surface area is 159 Å². The number of ketones is 1. The van der Waals surface area contributed by atoms with Crippen LogP contribution in [0.15, 0.2) is 24.3 Å². The largest absolute Gasteiger partial charge is 0.328 e. The number of aryl methyl sites for hydroxylation is 2. The van der Waals surface area contributed by atoms with Gasteiger partial charge >= 0.3 is 0 Å². The molecular formula is C21H27N2O2S+. The fraction of sp³-hybridized carbons (Fsp3) is 0.429. The first-order chi connectivity index (χ1) is 12.5. The smallest absolute Gasteiger partial charge is 0.280 e.